The average molecular weight is 313 g/mol. The first-order valence-corrected chi connectivity index (χ1v) is 4.63. The second-order valence-corrected chi connectivity index (χ2v) is 4.15. The summed E-state index contributed by atoms with van der Waals surface area (Å²) in [4.78, 5) is 0. The van der Waals surface area contributed by atoms with Crippen LogP contribution >= 0.6 is 38.5 Å². The maximum atomic E-state index is 9.28. The summed E-state index contributed by atoms with van der Waals surface area (Å²) in [5, 5.41) is 9.28. The highest BCUT2D eigenvalue weighted by atomic mass is 127. The van der Waals surface area contributed by atoms with Gasteiger partial charge in [0.2, 0.25) is 0 Å². The fraction of sp³-hybridized carbons (Fsp3) is 0.143. The maximum Gasteiger partial charge on any atom is 0.132 e. The van der Waals surface area contributed by atoms with Crippen molar-refractivity contribution >= 4 is 38.5 Å². The van der Waals surface area contributed by atoms with Gasteiger partial charge >= 0.3 is 0 Å². The predicted molar refractivity (Wildman–Crippen MR) is 53.3 cm³/mol. The fourth-order valence-electron chi connectivity index (χ4n) is 0.695. The van der Waals surface area contributed by atoms with Crippen LogP contribution in [-0.2, 0) is 0 Å². The molecular weight excluding hydrogens is 307 g/mol. The summed E-state index contributed by atoms with van der Waals surface area (Å²) in [5.74, 6) is 0.334. The summed E-state index contributed by atoms with van der Waals surface area (Å²) in [6.45, 7) is 1.88. The van der Waals surface area contributed by atoms with Crippen molar-refractivity contribution in [1.82, 2.24) is 0 Å². The quantitative estimate of drug-likeness (QED) is 0.730. The lowest BCUT2D eigenvalue weighted by Gasteiger charge is -2.00. The molecule has 1 aromatic carbocycles. The number of hydrogen-bond acceptors (Lipinski definition) is 1. The number of rotatable bonds is 0. The molecule has 0 unspecified atom stereocenters. The molecule has 0 saturated heterocycles. The molecule has 0 aliphatic carbocycles. The Bertz CT molecular complexity index is 237. The van der Waals surface area contributed by atoms with Crippen LogP contribution in [0.15, 0.2) is 16.6 Å². The van der Waals surface area contributed by atoms with Crippen LogP contribution < -0.4 is 0 Å². The standard InChI is InChI=1S/C7H6BrIO/c1-4-2-5(9)3-6(8)7(4)10/h2-3,10H,1H3. The molecule has 3 heteroatoms. The van der Waals surface area contributed by atoms with Crippen LogP contribution in [0.25, 0.3) is 0 Å². The topological polar surface area (TPSA) is 20.2 Å². The van der Waals surface area contributed by atoms with Crippen LogP contribution in [0.5, 0.6) is 5.75 Å². The van der Waals surface area contributed by atoms with E-state index in [1.807, 2.05) is 19.1 Å². The van der Waals surface area contributed by atoms with Gasteiger partial charge in [-0.1, -0.05) is 0 Å². The second kappa shape index (κ2) is 3.09. The molecule has 0 saturated carbocycles. The monoisotopic (exact) mass is 312 g/mol. The van der Waals surface area contributed by atoms with Crippen LogP contribution in [0.4, 0.5) is 0 Å². The minimum Gasteiger partial charge on any atom is -0.506 e. The minimum atomic E-state index is 0.334. The molecule has 0 spiro atoms. The van der Waals surface area contributed by atoms with E-state index in [1.165, 1.54) is 0 Å². The van der Waals surface area contributed by atoms with E-state index in [1.54, 1.807) is 0 Å². The van der Waals surface area contributed by atoms with Gasteiger partial charge in [0.05, 0.1) is 4.47 Å². The lowest BCUT2D eigenvalue weighted by molar-refractivity contribution is 0.467. The van der Waals surface area contributed by atoms with Crippen LogP contribution in [0, 0.1) is 10.5 Å². The van der Waals surface area contributed by atoms with Crippen LogP contribution in [0.2, 0.25) is 0 Å². The Balaban J connectivity index is 3.31. The third-order valence-electron chi connectivity index (χ3n) is 1.22. The number of aromatic hydroxyl groups is 1. The molecule has 0 heterocycles. The molecule has 0 atom stereocenters. The number of phenols is 1. The lowest BCUT2D eigenvalue weighted by Crippen LogP contribution is -1.78. The highest BCUT2D eigenvalue weighted by Crippen LogP contribution is 2.28. The van der Waals surface area contributed by atoms with Gasteiger partial charge in [-0.05, 0) is 63.1 Å². The van der Waals surface area contributed by atoms with Crippen molar-refractivity contribution in [3.8, 4) is 5.75 Å². The van der Waals surface area contributed by atoms with Gasteiger partial charge < -0.3 is 5.11 Å². The molecule has 54 valence electrons. The molecule has 10 heavy (non-hydrogen) atoms. The number of aryl methyl sites for hydroxylation is 1. The summed E-state index contributed by atoms with van der Waals surface area (Å²) in [6, 6.07) is 3.81. The van der Waals surface area contributed by atoms with Gasteiger partial charge in [0, 0.05) is 3.57 Å². The van der Waals surface area contributed by atoms with Gasteiger partial charge in [0.1, 0.15) is 5.75 Å². The zero-order chi connectivity index (χ0) is 7.72. The molecule has 0 aliphatic rings. The highest BCUT2D eigenvalue weighted by Gasteiger charge is 2.01. The van der Waals surface area contributed by atoms with Crippen molar-refractivity contribution in [2.75, 3.05) is 0 Å². The largest absolute Gasteiger partial charge is 0.506 e. The summed E-state index contributed by atoms with van der Waals surface area (Å²) >= 11 is 5.45. The Hall–Kier alpha value is 0.230. The van der Waals surface area contributed by atoms with Gasteiger partial charge in [-0.25, -0.2) is 0 Å². The molecule has 1 aromatic rings. The van der Waals surface area contributed by atoms with Gasteiger partial charge in [-0.3, -0.25) is 0 Å². The zero-order valence-corrected chi connectivity index (χ0v) is 9.10. The van der Waals surface area contributed by atoms with Crippen LogP contribution in [0.3, 0.4) is 0 Å². The number of hydrogen-bond donors (Lipinski definition) is 1. The molecule has 0 aromatic heterocycles. The second-order valence-electron chi connectivity index (χ2n) is 2.05. The Morgan fingerprint density at radius 1 is 1.50 bits per heavy atom. The Morgan fingerprint density at radius 2 is 2.10 bits per heavy atom. The third kappa shape index (κ3) is 1.63. The van der Waals surface area contributed by atoms with Gasteiger partial charge in [-0.2, -0.15) is 0 Å². The first-order chi connectivity index (χ1) is 4.61. The third-order valence-corrected chi connectivity index (χ3v) is 2.45. The Morgan fingerprint density at radius 3 is 2.60 bits per heavy atom. The van der Waals surface area contributed by atoms with Crippen molar-refractivity contribution < 1.29 is 5.11 Å². The van der Waals surface area contributed by atoms with Crippen molar-refractivity contribution in [3.05, 3.63) is 25.7 Å². The predicted octanol–water partition coefficient (Wildman–Crippen LogP) is 3.07. The molecule has 1 rings (SSSR count). The molecule has 0 radical (unpaired) electrons. The van der Waals surface area contributed by atoms with E-state index in [9.17, 15) is 5.11 Å². The smallest absolute Gasteiger partial charge is 0.132 e. The lowest BCUT2D eigenvalue weighted by atomic mass is 10.2. The number of benzene rings is 1. The SMILES string of the molecule is Cc1cc(I)cc(Br)c1O. The highest BCUT2D eigenvalue weighted by molar-refractivity contribution is 14.1. The van der Waals surface area contributed by atoms with Gasteiger partial charge in [0.25, 0.3) is 0 Å². The van der Waals surface area contributed by atoms with E-state index in [0.717, 1.165) is 13.6 Å². The Kier molecular flexibility index (Phi) is 2.57. The molecule has 1 N–H and O–H groups in total. The van der Waals surface area contributed by atoms with Crippen molar-refractivity contribution in [1.29, 1.82) is 0 Å². The normalized spacial score (nSPS) is 9.90. The number of phenolic OH excluding ortho intramolecular Hbond substituents is 1. The molecule has 0 bridgehead atoms. The van der Waals surface area contributed by atoms with Crippen molar-refractivity contribution in [3.63, 3.8) is 0 Å². The van der Waals surface area contributed by atoms with E-state index in [-0.39, 0.29) is 0 Å². The van der Waals surface area contributed by atoms with Crippen LogP contribution in [0.1, 0.15) is 5.56 Å². The van der Waals surface area contributed by atoms with Crippen LogP contribution in [-0.4, -0.2) is 5.11 Å². The first kappa shape index (κ1) is 8.33. The average Bonchev–Trinajstić information content (AvgIpc) is 1.82. The van der Waals surface area contributed by atoms with E-state index < -0.39 is 0 Å². The first-order valence-electron chi connectivity index (χ1n) is 2.76. The molecule has 0 aliphatic heterocycles. The van der Waals surface area contributed by atoms with E-state index in [0.29, 0.717) is 5.75 Å². The van der Waals surface area contributed by atoms with Crippen molar-refractivity contribution in [2.45, 2.75) is 6.92 Å². The van der Waals surface area contributed by atoms with E-state index in [2.05, 4.69) is 38.5 Å². The minimum absolute atomic E-state index is 0.334. The fourth-order valence-corrected chi connectivity index (χ4v) is 2.46. The Labute approximate surface area is 81.7 Å². The zero-order valence-electron chi connectivity index (χ0n) is 5.36. The van der Waals surface area contributed by atoms with E-state index in [4.69, 9.17) is 0 Å². The summed E-state index contributed by atoms with van der Waals surface area (Å²) in [7, 11) is 0. The van der Waals surface area contributed by atoms with Gasteiger partial charge in [0.15, 0.2) is 0 Å². The van der Waals surface area contributed by atoms with Crippen molar-refractivity contribution in [2.24, 2.45) is 0 Å². The molecular formula is C7H6BrIO. The van der Waals surface area contributed by atoms with E-state index >= 15 is 0 Å². The summed E-state index contributed by atoms with van der Waals surface area (Å²) in [5.41, 5.74) is 0.902. The maximum absolute atomic E-state index is 9.28. The van der Waals surface area contributed by atoms with Gasteiger partial charge in [-0.15, -0.1) is 0 Å². The summed E-state index contributed by atoms with van der Waals surface area (Å²) in [6.07, 6.45) is 0. The number of halogens is 2. The molecule has 0 amide bonds. The molecule has 0 fully saturated rings. The summed E-state index contributed by atoms with van der Waals surface area (Å²) < 4.78 is 1.89. The molecule has 1 nitrogen and oxygen atoms in total.